The number of likely N-dealkylation sites (N-methyl/N-ethyl adjacent to an activating group) is 1. The molecule has 3 N–H and O–H groups in total. The Labute approximate surface area is 77.3 Å². The van der Waals surface area contributed by atoms with E-state index in [2.05, 4.69) is 5.32 Å². The van der Waals surface area contributed by atoms with Gasteiger partial charge < -0.3 is 20.4 Å². The monoisotopic (exact) mass is 188 g/mol. The molecule has 0 aromatic rings. The SMILES string of the molecule is CN(CC1(O)CCNCC1)C(=O)O. The number of amides is 1. The zero-order valence-corrected chi connectivity index (χ0v) is 7.79. The summed E-state index contributed by atoms with van der Waals surface area (Å²) in [6.45, 7) is 1.71. The molecule has 0 spiro atoms. The summed E-state index contributed by atoms with van der Waals surface area (Å²) in [5.41, 5.74) is -0.835. The van der Waals surface area contributed by atoms with Crippen molar-refractivity contribution in [2.45, 2.75) is 18.4 Å². The fraction of sp³-hybridized carbons (Fsp3) is 0.875. The molecular weight excluding hydrogens is 172 g/mol. The third-order valence-electron chi connectivity index (χ3n) is 2.39. The van der Waals surface area contributed by atoms with Crippen LogP contribution >= 0.6 is 0 Å². The van der Waals surface area contributed by atoms with Gasteiger partial charge in [0.2, 0.25) is 0 Å². The maximum atomic E-state index is 10.5. The average molecular weight is 188 g/mol. The van der Waals surface area contributed by atoms with E-state index in [4.69, 9.17) is 5.11 Å². The van der Waals surface area contributed by atoms with Crippen molar-refractivity contribution in [3.05, 3.63) is 0 Å². The summed E-state index contributed by atoms with van der Waals surface area (Å²) in [5, 5.41) is 21.7. The van der Waals surface area contributed by atoms with Crippen LogP contribution < -0.4 is 5.32 Å². The zero-order chi connectivity index (χ0) is 9.90. The van der Waals surface area contributed by atoms with Crippen molar-refractivity contribution < 1.29 is 15.0 Å². The molecule has 1 amide bonds. The van der Waals surface area contributed by atoms with Gasteiger partial charge in [-0.1, -0.05) is 0 Å². The first-order valence-electron chi connectivity index (χ1n) is 4.41. The lowest BCUT2D eigenvalue weighted by atomic mass is 9.92. The Balaban J connectivity index is 2.45. The number of hydrogen-bond acceptors (Lipinski definition) is 3. The molecule has 0 aromatic heterocycles. The standard InChI is InChI=1S/C8H16N2O3/c1-10(7(11)12)6-8(13)2-4-9-5-3-8/h9,13H,2-6H2,1H3,(H,11,12). The minimum absolute atomic E-state index is 0.198. The number of nitrogens with zero attached hydrogens (tertiary/aromatic N) is 1. The Morgan fingerprint density at radius 2 is 2.08 bits per heavy atom. The topological polar surface area (TPSA) is 72.8 Å². The molecule has 0 radical (unpaired) electrons. The van der Waals surface area contributed by atoms with Crippen molar-refractivity contribution >= 4 is 6.09 Å². The molecule has 1 fully saturated rings. The van der Waals surface area contributed by atoms with Crippen molar-refractivity contribution in [2.75, 3.05) is 26.7 Å². The molecule has 1 aliphatic rings. The number of carboxylic acid groups (broad SMARTS) is 1. The summed E-state index contributed by atoms with van der Waals surface area (Å²) in [4.78, 5) is 11.6. The molecule has 1 rings (SSSR count). The molecule has 13 heavy (non-hydrogen) atoms. The highest BCUT2D eigenvalue weighted by molar-refractivity contribution is 5.64. The van der Waals surface area contributed by atoms with Crippen LogP contribution in [0.1, 0.15) is 12.8 Å². The fourth-order valence-corrected chi connectivity index (χ4v) is 1.56. The minimum atomic E-state index is -0.994. The molecule has 5 nitrogen and oxygen atoms in total. The summed E-state index contributed by atoms with van der Waals surface area (Å²) in [6.07, 6.45) is 0.238. The predicted molar refractivity (Wildman–Crippen MR) is 47.7 cm³/mol. The molecule has 1 aliphatic heterocycles. The van der Waals surface area contributed by atoms with E-state index in [0.29, 0.717) is 12.8 Å². The van der Waals surface area contributed by atoms with Gasteiger partial charge in [0, 0.05) is 7.05 Å². The van der Waals surface area contributed by atoms with Gasteiger partial charge in [-0.25, -0.2) is 4.79 Å². The Morgan fingerprint density at radius 1 is 1.54 bits per heavy atom. The fourth-order valence-electron chi connectivity index (χ4n) is 1.56. The number of nitrogens with one attached hydrogen (secondary N) is 1. The van der Waals surface area contributed by atoms with Crippen molar-refractivity contribution in [2.24, 2.45) is 0 Å². The highest BCUT2D eigenvalue weighted by Crippen LogP contribution is 2.18. The molecule has 0 saturated carbocycles. The number of aliphatic hydroxyl groups is 1. The van der Waals surface area contributed by atoms with E-state index in [1.54, 1.807) is 0 Å². The summed E-state index contributed by atoms with van der Waals surface area (Å²) in [6, 6.07) is 0. The number of rotatable bonds is 2. The second-order valence-electron chi connectivity index (χ2n) is 3.61. The lowest BCUT2D eigenvalue weighted by Gasteiger charge is -2.34. The van der Waals surface area contributed by atoms with Crippen LogP contribution in [0.4, 0.5) is 4.79 Å². The second-order valence-corrected chi connectivity index (χ2v) is 3.61. The third kappa shape index (κ3) is 2.86. The van der Waals surface area contributed by atoms with Gasteiger partial charge in [0.15, 0.2) is 0 Å². The maximum absolute atomic E-state index is 10.5. The summed E-state index contributed by atoms with van der Waals surface area (Å²) < 4.78 is 0. The molecule has 76 valence electrons. The van der Waals surface area contributed by atoms with Crippen LogP contribution in [0.3, 0.4) is 0 Å². The lowest BCUT2D eigenvalue weighted by Crippen LogP contribution is -2.49. The Morgan fingerprint density at radius 3 is 2.54 bits per heavy atom. The van der Waals surface area contributed by atoms with Crippen molar-refractivity contribution in [1.82, 2.24) is 10.2 Å². The molecular formula is C8H16N2O3. The first-order valence-corrected chi connectivity index (χ1v) is 4.41. The van der Waals surface area contributed by atoms with Gasteiger partial charge in [0.05, 0.1) is 12.1 Å². The van der Waals surface area contributed by atoms with Gasteiger partial charge in [0.1, 0.15) is 0 Å². The van der Waals surface area contributed by atoms with Gasteiger partial charge >= 0.3 is 6.09 Å². The largest absolute Gasteiger partial charge is 0.465 e. The third-order valence-corrected chi connectivity index (χ3v) is 2.39. The number of piperidine rings is 1. The Bertz CT molecular complexity index is 190. The maximum Gasteiger partial charge on any atom is 0.407 e. The predicted octanol–water partition coefficient (Wildman–Crippen LogP) is -0.289. The molecule has 5 heteroatoms. The van der Waals surface area contributed by atoms with Gasteiger partial charge in [-0.15, -0.1) is 0 Å². The minimum Gasteiger partial charge on any atom is -0.465 e. The first-order chi connectivity index (χ1) is 6.03. The molecule has 1 heterocycles. The van der Waals surface area contributed by atoms with E-state index in [9.17, 15) is 9.90 Å². The van der Waals surface area contributed by atoms with Crippen molar-refractivity contribution in [3.8, 4) is 0 Å². The van der Waals surface area contributed by atoms with Gasteiger partial charge in [-0.2, -0.15) is 0 Å². The number of hydrogen-bond donors (Lipinski definition) is 3. The molecule has 0 unspecified atom stereocenters. The summed E-state index contributed by atoms with van der Waals surface area (Å²) >= 11 is 0. The number of carbonyl (C=O) groups is 1. The van der Waals surface area contributed by atoms with Crippen LogP contribution in [0, 0.1) is 0 Å². The lowest BCUT2D eigenvalue weighted by molar-refractivity contribution is -0.0122. The van der Waals surface area contributed by atoms with Gasteiger partial charge in [-0.3, -0.25) is 0 Å². The van der Waals surface area contributed by atoms with Gasteiger partial charge in [0.25, 0.3) is 0 Å². The smallest absolute Gasteiger partial charge is 0.407 e. The van der Waals surface area contributed by atoms with Crippen LogP contribution in [-0.4, -0.2) is 53.5 Å². The highest BCUT2D eigenvalue weighted by Gasteiger charge is 2.31. The van der Waals surface area contributed by atoms with Gasteiger partial charge in [-0.05, 0) is 25.9 Å². The normalized spacial score (nSPS) is 21.1. The molecule has 0 atom stereocenters. The van der Waals surface area contributed by atoms with Crippen LogP contribution in [0.25, 0.3) is 0 Å². The first kappa shape index (κ1) is 10.3. The average Bonchev–Trinajstić information content (AvgIpc) is 2.04. The quantitative estimate of drug-likeness (QED) is 0.557. The molecule has 0 aromatic carbocycles. The van der Waals surface area contributed by atoms with Crippen molar-refractivity contribution in [3.63, 3.8) is 0 Å². The Kier molecular flexibility index (Phi) is 3.11. The highest BCUT2D eigenvalue weighted by atomic mass is 16.4. The summed E-state index contributed by atoms with van der Waals surface area (Å²) in [5.74, 6) is 0. The Hall–Kier alpha value is -0.810. The van der Waals surface area contributed by atoms with E-state index in [1.165, 1.54) is 7.05 Å². The zero-order valence-electron chi connectivity index (χ0n) is 7.79. The van der Waals surface area contributed by atoms with E-state index in [-0.39, 0.29) is 6.54 Å². The second kappa shape index (κ2) is 3.93. The van der Waals surface area contributed by atoms with E-state index < -0.39 is 11.7 Å². The van der Waals surface area contributed by atoms with E-state index in [0.717, 1.165) is 18.0 Å². The molecule has 0 bridgehead atoms. The van der Waals surface area contributed by atoms with Crippen LogP contribution in [-0.2, 0) is 0 Å². The van der Waals surface area contributed by atoms with E-state index in [1.807, 2.05) is 0 Å². The molecule has 1 saturated heterocycles. The van der Waals surface area contributed by atoms with Crippen molar-refractivity contribution in [1.29, 1.82) is 0 Å². The van der Waals surface area contributed by atoms with Crippen LogP contribution in [0.2, 0.25) is 0 Å². The summed E-state index contributed by atoms with van der Waals surface area (Å²) in [7, 11) is 1.47. The van der Waals surface area contributed by atoms with Crippen LogP contribution in [0.5, 0.6) is 0 Å². The van der Waals surface area contributed by atoms with E-state index >= 15 is 0 Å². The molecule has 0 aliphatic carbocycles. The van der Waals surface area contributed by atoms with Crippen LogP contribution in [0.15, 0.2) is 0 Å².